The summed E-state index contributed by atoms with van der Waals surface area (Å²) in [6.07, 6.45) is 2.21. The number of carbonyl (C=O) groups is 2. The normalized spacial score (nSPS) is 17.3. The Morgan fingerprint density at radius 3 is 2.18 bits per heavy atom. The van der Waals surface area contributed by atoms with Gasteiger partial charge in [-0.15, -0.1) is 0 Å². The molecule has 0 saturated heterocycles. The van der Waals surface area contributed by atoms with Crippen LogP contribution in [0.2, 0.25) is 0 Å². The number of alkyl carbamates (subject to hydrolysis) is 1. The van der Waals surface area contributed by atoms with E-state index in [2.05, 4.69) is 29.6 Å². The first kappa shape index (κ1) is 18.5. The van der Waals surface area contributed by atoms with Gasteiger partial charge in [-0.1, -0.05) is 61.4 Å². The minimum Gasteiger partial charge on any atom is -0.481 e. The number of hydrogen-bond donors (Lipinski definition) is 2. The summed E-state index contributed by atoms with van der Waals surface area (Å²) in [5, 5.41) is 12.1. The van der Waals surface area contributed by atoms with Gasteiger partial charge < -0.3 is 15.2 Å². The molecule has 5 nitrogen and oxygen atoms in total. The number of ether oxygens (including phenoxy) is 1. The zero-order valence-corrected chi connectivity index (χ0v) is 16.0. The van der Waals surface area contributed by atoms with Crippen molar-refractivity contribution >= 4 is 12.1 Å². The van der Waals surface area contributed by atoms with Crippen LogP contribution in [-0.4, -0.2) is 29.3 Å². The van der Waals surface area contributed by atoms with Gasteiger partial charge in [-0.05, 0) is 41.5 Å². The van der Waals surface area contributed by atoms with Gasteiger partial charge in [0.05, 0.1) is 12.0 Å². The Morgan fingerprint density at radius 1 is 1.07 bits per heavy atom. The number of rotatable bonds is 7. The summed E-state index contributed by atoms with van der Waals surface area (Å²) in [6, 6.07) is 16.4. The number of carboxylic acid groups (broad SMARTS) is 1. The van der Waals surface area contributed by atoms with Gasteiger partial charge in [-0.3, -0.25) is 4.79 Å². The molecule has 0 spiro atoms. The van der Waals surface area contributed by atoms with Gasteiger partial charge in [0.1, 0.15) is 6.61 Å². The number of carbonyl (C=O) groups excluding carboxylic acids is 1. The molecule has 2 N–H and O–H groups in total. The molecule has 2 aromatic carbocycles. The minimum absolute atomic E-state index is 0.00712. The molecular formula is C23H25NO4. The van der Waals surface area contributed by atoms with Crippen LogP contribution in [0.5, 0.6) is 0 Å². The van der Waals surface area contributed by atoms with Crippen LogP contribution in [0.3, 0.4) is 0 Å². The Labute approximate surface area is 164 Å². The SMILES string of the molecule is CC(CC(=O)O)(CC1CC1)NC(=O)OCC1c2ccccc2-c2ccccc21. The van der Waals surface area contributed by atoms with Crippen molar-refractivity contribution in [3.05, 3.63) is 59.7 Å². The van der Waals surface area contributed by atoms with E-state index in [1.807, 2.05) is 24.3 Å². The summed E-state index contributed by atoms with van der Waals surface area (Å²) in [4.78, 5) is 23.7. The van der Waals surface area contributed by atoms with E-state index in [1.54, 1.807) is 6.92 Å². The third-order valence-corrected chi connectivity index (χ3v) is 5.73. The molecule has 28 heavy (non-hydrogen) atoms. The summed E-state index contributed by atoms with van der Waals surface area (Å²) in [5.74, 6) is -0.423. The maximum absolute atomic E-state index is 12.5. The first-order valence-corrected chi connectivity index (χ1v) is 9.80. The molecule has 2 aliphatic rings. The Balaban J connectivity index is 1.45. The molecule has 0 aliphatic heterocycles. The first-order valence-electron chi connectivity index (χ1n) is 9.80. The fraction of sp³-hybridized carbons (Fsp3) is 0.391. The van der Waals surface area contributed by atoms with Crippen molar-refractivity contribution in [2.24, 2.45) is 5.92 Å². The number of amides is 1. The van der Waals surface area contributed by atoms with E-state index >= 15 is 0 Å². The minimum atomic E-state index is -0.915. The highest BCUT2D eigenvalue weighted by molar-refractivity contribution is 5.79. The predicted molar refractivity (Wildman–Crippen MR) is 106 cm³/mol. The van der Waals surface area contributed by atoms with E-state index in [0.717, 1.165) is 24.0 Å². The van der Waals surface area contributed by atoms with Crippen LogP contribution in [0, 0.1) is 5.92 Å². The number of hydrogen-bond acceptors (Lipinski definition) is 3. The third-order valence-electron chi connectivity index (χ3n) is 5.73. The lowest BCUT2D eigenvalue weighted by Crippen LogP contribution is -2.48. The van der Waals surface area contributed by atoms with Crippen LogP contribution < -0.4 is 5.32 Å². The van der Waals surface area contributed by atoms with Crippen LogP contribution in [-0.2, 0) is 9.53 Å². The van der Waals surface area contributed by atoms with Crippen LogP contribution in [0.25, 0.3) is 11.1 Å². The van der Waals surface area contributed by atoms with E-state index < -0.39 is 17.6 Å². The lowest BCUT2D eigenvalue weighted by molar-refractivity contribution is -0.138. The highest BCUT2D eigenvalue weighted by Gasteiger charge is 2.37. The Morgan fingerprint density at radius 2 is 1.64 bits per heavy atom. The molecule has 4 rings (SSSR count). The van der Waals surface area contributed by atoms with Gasteiger partial charge in [0.15, 0.2) is 0 Å². The largest absolute Gasteiger partial charge is 0.481 e. The number of fused-ring (bicyclic) bond motifs is 3. The van der Waals surface area contributed by atoms with Crippen LogP contribution in [0.15, 0.2) is 48.5 Å². The summed E-state index contributed by atoms with van der Waals surface area (Å²) < 4.78 is 5.58. The van der Waals surface area contributed by atoms with Crippen LogP contribution >= 0.6 is 0 Å². The van der Waals surface area contributed by atoms with Crippen molar-refractivity contribution in [2.45, 2.75) is 44.1 Å². The zero-order valence-electron chi connectivity index (χ0n) is 16.0. The van der Waals surface area contributed by atoms with E-state index in [1.165, 1.54) is 11.1 Å². The predicted octanol–water partition coefficient (Wildman–Crippen LogP) is 4.56. The second-order valence-corrected chi connectivity index (χ2v) is 8.23. The topological polar surface area (TPSA) is 75.6 Å². The van der Waals surface area contributed by atoms with E-state index in [-0.39, 0.29) is 18.9 Å². The maximum atomic E-state index is 12.5. The molecule has 146 valence electrons. The number of benzene rings is 2. The smallest absolute Gasteiger partial charge is 0.407 e. The van der Waals surface area contributed by atoms with Crippen molar-refractivity contribution in [3.63, 3.8) is 0 Å². The van der Waals surface area contributed by atoms with Gasteiger partial charge in [0.25, 0.3) is 0 Å². The molecule has 1 unspecified atom stereocenters. The van der Waals surface area contributed by atoms with Crippen molar-refractivity contribution in [1.82, 2.24) is 5.32 Å². The third kappa shape index (κ3) is 3.88. The number of carboxylic acids is 1. The van der Waals surface area contributed by atoms with Crippen LogP contribution in [0.4, 0.5) is 4.79 Å². The molecule has 2 aliphatic carbocycles. The summed E-state index contributed by atoms with van der Waals surface area (Å²) in [6.45, 7) is 2.02. The van der Waals surface area contributed by atoms with Crippen molar-refractivity contribution in [1.29, 1.82) is 0 Å². The number of nitrogens with one attached hydrogen (secondary N) is 1. The first-order chi connectivity index (χ1) is 13.5. The number of aliphatic carboxylic acids is 1. The van der Waals surface area contributed by atoms with Crippen molar-refractivity contribution in [3.8, 4) is 11.1 Å². The van der Waals surface area contributed by atoms with Gasteiger partial charge in [-0.2, -0.15) is 0 Å². The highest BCUT2D eigenvalue weighted by Crippen LogP contribution is 2.44. The Hall–Kier alpha value is -2.82. The molecule has 0 heterocycles. The van der Waals surface area contributed by atoms with E-state index in [0.29, 0.717) is 12.3 Å². The summed E-state index contributed by atoms with van der Waals surface area (Å²) >= 11 is 0. The average Bonchev–Trinajstić information content (AvgIpc) is 3.39. The average molecular weight is 379 g/mol. The quantitative estimate of drug-likeness (QED) is 0.739. The van der Waals surface area contributed by atoms with Gasteiger partial charge in [-0.25, -0.2) is 4.79 Å². The van der Waals surface area contributed by atoms with Crippen LogP contribution in [0.1, 0.15) is 49.7 Å². The van der Waals surface area contributed by atoms with E-state index in [9.17, 15) is 14.7 Å². The standard InChI is InChI=1S/C23H25NO4/c1-23(13-21(25)26,12-15-10-11-15)24-22(27)28-14-20-18-8-4-2-6-16(18)17-7-3-5-9-19(17)20/h2-9,15,20H,10-14H2,1H3,(H,24,27)(H,25,26). The van der Waals surface area contributed by atoms with E-state index in [4.69, 9.17) is 4.74 Å². The van der Waals surface area contributed by atoms with Crippen molar-refractivity contribution < 1.29 is 19.4 Å². The molecule has 5 heteroatoms. The maximum Gasteiger partial charge on any atom is 0.407 e. The molecule has 1 amide bonds. The molecular weight excluding hydrogens is 354 g/mol. The molecule has 0 bridgehead atoms. The molecule has 2 aromatic rings. The second kappa shape index (κ2) is 7.30. The fourth-order valence-electron chi connectivity index (χ4n) is 4.34. The van der Waals surface area contributed by atoms with Gasteiger partial charge >= 0.3 is 12.1 Å². The van der Waals surface area contributed by atoms with Crippen molar-refractivity contribution in [2.75, 3.05) is 6.61 Å². The second-order valence-electron chi connectivity index (χ2n) is 8.23. The van der Waals surface area contributed by atoms with Gasteiger partial charge in [0, 0.05) is 5.92 Å². The lowest BCUT2D eigenvalue weighted by Gasteiger charge is -2.29. The Kier molecular flexibility index (Phi) is 4.84. The van der Waals surface area contributed by atoms with Gasteiger partial charge in [0.2, 0.25) is 0 Å². The molecule has 1 atom stereocenters. The highest BCUT2D eigenvalue weighted by atomic mass is 16.5. The summed E-state index contributed by atoms with van der Waals surface area (Å²) in [7, 11) is 0. The zero-order chi connectivity index (χ0) is 19.7. The lowest BCUT2D eigenvalue weighted by atomic mass is 9.91. The Bertz CT molecular complexity index is 859. The monoisotopic (exact) mass is 379 g/mol. The fourth-order valence-corrected chi connectivity index (χ4v) is 4.34. The molecule has 0 radical (unpaired) electrons. The molecule has 1 saturated carbocycles. The summed E-state index contributed by atoms with van der Waals surface area (Å²) in [5.41, 5.74) is 3.88. The molecule has 0 aromatic heterocycles. The molecule has 1 fully saturated rings.